The summed E-state index contributed by atoms with van der Waals surface area (Å²) in [6.45, 7) is 11.0. The molecule has 0 bridgehead atoms. The van der Waals surface area contributed by atoms with Crippen molar-refractivity contribution in [3.63, 3.8) is 0 Å². The molecule has 240 valence electrons. The number of ether oxygens (including phenoxy) is 3. The second-order valence-corrected chi connectivity index (χ2v) is 12.9. The number of aryl methyl sites for hydroxylation is 1. The number of anilines is 2. The summed E-state index contributed by atoms with van der Waals surface area (Å²) >= 11 is 0. The summed E-state index contributed by atoms with van der Waals surface area (Å²) in [5, 5.41) is 4.29. The zero-order chi connectivity index (χ0) is 32.3. The van der Waals surface area contributed by atoms with Crippen LogP contribution in [0.5, 0.6) is 11.5 Å². The van der Waals surface area contributed by atoms with E-state index in [2.05, 4.69) is 38.9 Å². The van der Waals surface area contributed by atoms with Crippen molar-refractivity contribution in [3.05, 3.63) is 55.0 Å². The minimum atomic E-state index is -0.532. The van der Waals surface area contributed by atoms with Gasteiger partial charge in [0, 0.05) is 87.7 Å². The highest BCUT2D eigenvalue weighted by Gasteiger charge is 2.32. The van der Waals surface area contributed by atoms with Crippen molar-refractivity contribution >= 4 is 28.5 Å². The van der Waals surface area contributed by atoms with Gasteiger partial charge in [-0.2, -0.15) is 5.10 Å². The first-order chi connectivity index (χ1) is 21.4. The number of hydrogen-bond donors (Lipinski definition) is 0. The van der Waals surface area contributed by atoms with Gasteiger partial charge in [-0.1, -0.05) is 6.92 Å². The summed E-state index contributed by atoms with van der Waals surface area (Å²) < 4.78 is 18.6. The smallest absolute Gasteiger partial charge is 0.410 e. The number of carbonyl (C=O) groups is 1. The SMILES string of the molecule is COc1cc(OC)cc(N(CCN2CC(C)C[C@H]2CN(C)C(=O)OC(C)(C)C)c2ccc3ncc(-c4cnn(C)c4)nc3c2)c1. The fourth-order valence-corrected chi connectivity index (χ4v) is 5.88. The number of rotatable bonds is 10. The van der Waals surface area contributed by atoms with Gasteiger partial charge in [-0.05, 0) is 51.3 Å². The lowest BCUT2D eigenvalue weighted by molar-refractivity contribution is 0.0259. The molecule has 1 aliphatic heterocycles. The van der Waals surface area contributed by atoms with Crippen molar-refractivity contribution in [1.29, 1.82) is 0 Å². The predicted octanol–water partition coefficient (Wildman–Crippen LogP) is 5.76. The summed E-state index contributed by atoms with van der Waals surface area (Å²) in [7, 11) is 7.02. The van der Waals surface area contributed by atoms with Crippen molar-refractivity contribution in [1.82, 2.24) is 29.5 Å². The molecule has 0 radical (unpaired) electrons. The largest absolute Gasteiger partial charge is 0.497 e. The third-order valence-electron chi connectivity index (χ3n) is 8.02. The predicted molar refractivity (Wildman–Crippen MR) is 176 cm³/mol. The number of nitrogens with zero attached hydrogens (tertiary/aromatic N) is 7. The van der Waals surface area contributed by atoms with Gasteiger partial charge in [0.05, 0.1) is 43.3 Å². The van der Waals surface area contributed by atoms with Crippen LogP contribution in [0.2, 0.25) is 0 Å². The highest BCUT2D eigenvalue weighted by molar-refractivity contribution is 5.82. The molecule has 3 heterocycles. The van der Waals surface area contributed by atoms with Crippen LogP contribution in [0.3, 0.4) is 0 Å². The van der Waals surface area contributed by atoms with Crippen LogP contribution in [0, 0.1) is 5.92 Å². The lowest BCUT2D eigenvalue weighted by atomic mass is 10.1. The van der Waals surface area contributed by atoms with Crippen LogP contribution in [0.15, 0.2) is 55.0 Å². The Balaban J connectivity index is 1.44. The fourth-order valence-electron chi connectivity index (χ4n) is 5.88. The molecule has 0 aliphatic carbocycles. The van der Waals surface area contributed by atoms with E-state index in [0.717, 1.165) is 53.2 Å². The Morgan fingerprint density at radius 2 is 1.76 bits per heavy atom. The molecule has 2 aromatic heterocycles. The lowest BCUT2D eigenvalue weighted by Gasteiger charge is -2.33. The van der Waals surface area contributed by atoms with Gasteiger partial charge in [-0.15, -0.1) is 0 Å². The Morgan fingerprint density at radius 3 is 2.40 bits per heavy atom. The number of fused-ring (bicyclic) bond motifs is 1. The first-order valence-corrected chi connectivity index (χ1v) is 15.4. The monoisotopic (exact) mass is 615 g/mol. The van der Waals surface area contributed by atoms with Gasteiger partial charge >= 0.3 is 6.09 Å². The highest BCUT2D eigenvalue weighted by atomic mass is 16.6. The van der Waals surface area contributed by atoms with E-state index >= 15 is 0 Å². The van der Waals surface area contributed by atoms with Gasteiger partial charge < -0.3 is 24.0 Å². The molecule has 45 heavy (non-hydrogen) atoms. The summed E-state index contributed by atoms with van der Waals surface area (Å²) in [6.07, 6.45) is 6.23. The maximum Gasteiger partial charge on any atom is 0.410 e. The average Bonchev–Trinajstić information content (AvgIpc) is 3.59. The van der Waals surface area contributed by atoms with Crippen molar-refractivity contribution < 1.29 is 19.0 Å². The number of carbonyl (C=O) groups excluding carboxylic acids is 1. The minimum Gasteiger partial charge on any atom is -0.497 e. The van der Waals surface area contributed by atoms with E-state index in [1.807, 2.05) is 65.3 Å². The lowest BCUT2D eigenvalue weighted by Crippen LogP contribution is -2.44. The molecule has 1 aliphatic rings. The topological polar surface area (TPSA) is 98.1 Å². The third-order valence-corrected chi connectivity index (χ3v) is 8.02. The molecular weight excluding hydrogens is 570 g/mol. The van der Waals surface area contributed by atoms with Gasteiger partial charge in [0.25, 0.3) is 0 Å². The molecule has 11 nitrogen and oxygen atoms in total. The second kappa shape index (κ2) is 13.3. The molecule has 1 fully saturated rings. The van der Waals surface area contributed by atoms with Crippen molar-refractivity contribution in [2.75, 3.05) is 52.3 Å². The Kier molecular flexibility index (Phi) is 9.48. The first-order valence-electron chi connectivity index (χ1n) is 15.4. The molecule has 11 heteroatoms. The first kappa shape index (κ1) is 32.0. The molecule has 2 aromatic carbocycles. The molecule has 1 saturated heterocycles. The van der Waals surface area contributed by atoms with E-state index in [1.165, 1.54) is 0 Å². The Bertz CT molecular complexity index is 1610. The highest BCUT2D eigenvalue weighted by Crippen LogP contribution is 2.35. The number of methoxy groups -OCH3 is 2. The maximum absolute atomic E-state index is 12.8. The van der Waals surface area contributed by atoms with Gasteiger partial charge in [0.15, 0.2) is 0 Å². The van der Waals surface area contributed by atoms with Crippen molar-refractivity contribution in [3.8, 4) is 22.8 Å². The number of benzene rings is 2. The fraction of sp³-hybridized carbons (Fsp3) is 0.471. The second-order valence-electron chi connectivity index (χ2n) is 12.9. The zero-order valence-corrected chi connectivity index (χ0v) is 27.6. The number of amides is 1. The third kappa shape index (κ3) is 7.83. The van der Waals surface area contributed by atoms with Crippen LogP contribution in [0.4, 0.5) is 16.2 Å². The number of hydrogen-bond acceptors (Lipinski definition) is 9. The summed E-state index contributed by atoms with van der Waals surface area (Å²) in [6, 6.07) is 12.3. The molecule has 2 atom stereocenters. The molecule has 0 saturated carbocycles. The van der Waals surface area contributed by atoms with Crippen LogP contribution >= 0.6 is 0 Å². The summed E-state index contributed by atoms with van der Waals surface area (Å²) in [5.41, 5.74) is 4.67. The molecule has 0 spiro atoms. The zero-order valence-electron chi connectivity index (χ0n) is 27.6. The van der Waals surface area contributed by atoms with E-state index in [9.17, 15) is 4.79 Å². The molecule has 5 rings (SSSR count). The molecule has 1 unspecified atom stereocenters. The summed E-state index contributed by atoms with van der Waals surface area (Å²) in [5.74, 6) is 1.94. The molecule has 1 amide bonds. The Labute approximate surface area is 265 Å². The van der Waals surface area contributed by atoms with Gasteiger partial charge in [-0.3, -0.25) is 14.6 Å². The molecule has 4 aromatic rings. The summed E-state index contributed by atoms with van der Waals surface area (Å²) in [4.78, 5) is 28.8. The number of aromatic nitrogens is 4. The van der Waals surface area contributed by atoms with Crippen molar-refractivity contribution in [2.24, 2.45) is 13.0 Å². The van der Waals surface area contributed by atoms with Crippen LogP contribution in [-0.4, -0.2) is 94.7 Å². The van der Waals surface area contributed by atoms with Crippen LogP contribution in [-0.2, 0) is 11.8 Å². The maximum atomic E-state index is 12.8. The average molecular weight is 616 g/mol. The standard InChI is InChI=1S/C34H45N7O4/c1-23-13-27(22-38(5)33(42)45-34(2,3)4)40(20-23)11-12-41(26-14-28(43-7)17-29(15-26)44-8)25-9-10-30-31(16-25)37-32(19-35-30)24-18-36-39(6)21-24/h9-10,14-19,21,23,27H,11-13,20,22H2,1-8H3/t23?,27-/m0/s1. The van der Waals surface area contributed by atoms with E-state index < -0.39 is 5.60 Å². The Hall–Kier alpha value is -4.38. The van der Waals surface area contributed by atoms with Crippen LogP contribution < -0.4 is 14.4 Å². The minimum absolute atomic E-state index is 0.226. The van der Waals surface area contributed by atoms with E-state index in [1.54, 1.807) is 36.2 Å². The molecule has 0 N–H and O–H groups in total. The van der Waals surface area contributed by atoms with Crippen molar-refractivity contribution in [2.45, 2.75) is 45.8 Å². The quantitative estimate of drug-likeness (QED) is 0.220. The Morgan fingerprint density at radius 1 is 1.02 bits per heavy atom. The van der Waals surface area contributed by atoms with Gasteiger partial charge in [0.1, 0.15) is 17.1 Å². The van der Waals surface area contributed by atoms with Crippen LogP contribution in [0.25, 0.3) is 22.3 Å². The normalized spacial score (nSPS) is 17.0. The molecular formula is C34H45N7O4. The number of likely N-dealkylation sites (tertiary alicyclic amines) is 1. The van der Waals surface area contributed by atoms with E-state index in [0.29, 0.717) is 30.5 Å². The number of likely N-dealkylation sites (N-methyl/N-ethyl adjacent to an activating group) is 1. The van der Waals surface area contributed by atoms with Gasteiger partial charge in [-0.25, -0.2) is 9.78 Å². The van der Waals surface area contributed by atoms with E-state index in [4.69, 9.17) is 19.2 Å². The van der Waals surface area contributed by atoms with Crippen LogP contribution in [0.1, 0.15) is 34.1 Å². The van der Waals surface area contributed by atoms with E-state index in [-0.39, 0.29) is 12.1 Å². The van der Waals surface area contributed by atoms with Gasteiger partial charge in [0.2, 0.25) is 0 Å².